The van der Waals surface area contributed by atoms with Crippen LogP contribution in [0.4, 0.5) is 0 Å². The van der Waals surface area contributed by atoms with E-state index in [1.165, 1.54) is 4.31 Å². The van der Waals surface area contributed by atoms with Gasteiger partial charge in [-0.2, -0.15) is 4.31 Å². The van der Waals surface area contributed by atoms with E-state index in [1.54, 1.807) is 18.4 Å². The predicted octanol–water partition coefficient (Wildman–Crippen LogP) is 2.34. The lowest BCUT2D eigenvalue weighted by atomic mass is 10.4. The van der Waals surface area contributed by atoms with Gasteiger partial charge in [0.2, 0.25) is 10.0 Å². The fourth-order valence-corrected chi connectivity index (χ4v) is 5.03. The van der Waals surface area contributed by atoms with Gasteiger partial charge in [-0.3, -0.25) is 0 Å². The molecule has 0 aliphatic heterocycles. The highest BCUT2D eigenvalue weighted by Gasteiger charge is 2.36. The smallest absolute Gasteiger partial charge is 0.244 e. The number of sulfonamides is 1. The molecule has 0 spiro atoms. The van der Waals surface area contributed by atoms with Gasteiger partial charge < -0.3 is 5.32 Å². The number of hydrogen-bond acceptors (Lipinski definition) is 4. The highest BCUT2D eigenvalue weighted by Crippen LogP contribution is 2.34. The van der Waals surface area contributed by atoms with Crippen LogP contribution in [0.1, 0.15) is 35.9 Å². The molecular weight excluding hydrogens is 280 g/mol. The predicted molar refractivity (Wildman–Crippen MR) is 79.0 cm³/mol. The molecule has 0 unspecified atom stereocenters. The van der Waals surface area contributed by atoms with Crippen molar-refractivity contribution in [2.24, 2.45) is 0 Å². The van der Waals surface area contributed by atoms with Crippen molar-refractivity contribution in [2.45, 2.75) is 50.6 Å². The van der Waals surface area contributed by atoms with Crippen LogP contribution in [0.2, 0.25) is 0 Å². The highest BCUT2D eigenvalue weighted by atomic mass is 32.2. The summed E-state index contributed by atoms with van der Waals surface area (Å²) in [6.45, 7) is 5.72. The number of rotatable bonds is 7. The van der Waals surface area contributed by atoms with E-state index in [4.69, 9.17) is 0 Å². The van der Waals surface area contributed by atoms with Gasteiger partial charge in [-0.05, 0) is 38.8 Å². The molecule has 4 nitrogen and oxygen atoms in total. The lowest BCUT2D eigenvalue weighted by Crippen LogP contribution is -2.29. The van der Waals surface area contributed by atoms with Gasteiger partial charge in [0.15, 0.2) is 0 Å². The molecular formula is C13H22N2O2S2. The van der Waals surface area contributed by atoms with Crippen molar-refractivity contribution in [1.82, 2.24) is 9.62 Å². The van der Waals surface area contributed by atoms with E-state index in [2.05, 4.69) is 12.2 Å². The summed E-state index contributed by atoms with van der Waals surface area (Å²) in [5, 5.41) is 3.31. The van der Waals surface area contributed by atoms with Gasteiger partial charge in [-0.1, -0.05) is 6.92 Å². The van der Waals surface area contributed by atoms with Gasteiger partial charge in [0.1, 0.15) is 0 Å². The number of aryl methyl sites for hydroxylation is 1. The van der Waals surface area contributed by atoms with Crippen molar-refractivity contribution in [3.63, 3.8) is 0 Å². The quantitative estimate of drug-likeness (QED) is 0.787. The molecule has 1 aliphatic rings. The number of thiophene rings is 1. The Kier molecular flexibility index (Phi) is 4.66. The summed E-state index contributed by atoms with van der Waals surface area (Å²) in [4.78, 5) is 2.47. The third-order valence-corrected chi connectivity index (χ3v) is 6.58. The molecule has 0 bridgehead atoms. The third kappa shape index (κ3) is 3.37. The second kappa shape index (κ2) is 5.91. The Bertz CT molecular complexity index is 533. The van der Waals surface area contributed by atoms with Gasteiger partial charge in [0, 0.05) is 29.4 Å². The Hall–Kier alpha value is -0.430. The zero-order valence-corrected chi connectivity index (χ0v) is 13.4. The molecule has 1 aliphatic carbocycles. The Morgan fingerprint density at radius 2 is 2.16 bits per heavy atom. The van der Waals surface area contributed by atoms with Crippen LogP contribution in [-0.2, 0) is 16.6 Å². The molecule has 1 N–H and O–H groups in total. The SMILES string of the molecule is CCCNCc1cc(S(=O)(=O)N(C)C2CC2)c(C)s1. The number of nitrogens with one attached hydrogen (secondary N) is 1. The van der Waals surface area contributed by atoms with Crippen LogP contribution in [-0.4, -0.2) is 32.4 Å². The van der Waals surface area contributed by atoms with Gasteiger partial charge >= 0.3 is 0 Å². The maximum absolute atomic E-state index is 12.5. The summed E-state index contributed by atoms with van der Waals surface area (Å²) in [5.41, 5.74) is 0. The minimum absolute atomic E-state index is 0.214. The van der Waals surface area contributed by atoms with Crippen molar-refractivity contribution < 1.29 is 8.42 Å². The zero-order valence-electron chi connectivity index (χ0n) is 11.8. The van der Waals surface area contributed by atoms with Crippen LogP contribution in [0.25, 0.3) is 0 Å². The van der Waals surface area contributed by atoms with Gasteiger partial charge in [0.25, 0.3) is 0 Å². The monoisotopic (exact) mass is 302 g/mol. The Balaban J connectivity index is 2.15. The standard InChI is InChI=1S/C13H22N2O2S2/c1-4-7-14-9-12-8-13(10(2)18-12)19(16,17)15(3)11-5-6-11/h8,11,14H,4-7,9H2,1-3H3. The minimum atomic E-state index is -3.30. The fourth-order valence-electron chi connectivity index (χ4n) is 2.05. The van der Waals surface area contributed by atoms with Crippen LogP contribution < -0.4 is 5.32 Å². The topological polar surface area (TPSA) is 49.4 Å². The summed E-state index contributed by atoms with van der Waals surface area (Å²) in [6, 6.07) is 2.04. The summed E-state index contributed by atoms with van der Waals surface area (Å²) in [6.07, 6.45) is 3.06. The van der Waals surface area contributed by atoms with Gasteiger partial charge in [-0.15, -0.1) is 11.3 Å². The van der Waals surface area contributed by atoms with Crippen LogP contribution in [0.3, 0.4) is 0 Å². The first kappa shape index (κ1) is 15.0. The molecule has 1 aromatic rings. The lowest BCUT2D eigenvalue weighted by Gasteiger charge is -2.15. The summed E-state index contributed by atoms with van der Waals surface area (Å²) in [7, 11) is -1.61. The summed E-state index contributed by atoms with van der Waals surface area (Å²) < 4.78 is 26.5. The van der Waals surface area contributed by atoms with E-state index in [-0.39, 0.29) is 6.04 Å². The van der Waals surface area contributed by atoms with Gasteiger partial charge in [-0.25, -0.2) is 8.42 Å². The molecule has 108 valence electrons. The van der Waals surface area contributed by atoms with E-state index in [0.29, 0.717) is 4.90 Å². The van der Waals surface area contributed by atoms with Crippen LogP contribution in [0.15, 0.2) is 11.0 Å². The van der Waals surface area contributed by atoms with Crippen molar-refractivity contribution in [1.29, 1.82) is 0 Å². The van der Waals surface area contributed by atoms with E-state index >= 15 is 0 Å². The molecule has 1 fully saturated rings. The highest BCUT2D eigenvalue weighted by molar-refractivity contribution is 7.89. The molecule has 0 saturated heterocycles. The first-order chi connectivity index (χ1) is 8.96. The van der Waals surface area contributed by atoms with E-state index < -0.39 is 10.0 Å². The molecule has 1 saturated carbocycles. The Morgan fingerprint density at radius 1 is 1.47 bits per heavy atom. The molecule has 2 rings (SSSR count). The molecule has 0 amide bonds. The second-order valence-corrected chi connectivity index (χ2v) is 8.37. The molecule has 19 heavy (non-hydrogen) atoms. The average Bonchev–Trinajstić information content (AvgIpc) is 3.13. The zero-order chi connectivity index (χ0) is 14.0. The first-order valence-electron chi connectivity index (χ1n) is 6.75. The van der Waals surface area contributed by atoms with Crippen LogP contribution >= 0.6 is 11.3 Å². The second-order valence-electron chi connectivity index (χ2n) is 5.06. The van der Waals surface area contributed by atoms with Crippen molar-refractivity contribution in [3.05, 3.63) is 15.8 Å². The molecule has 6 heteroatoms. The van der Waals surface area contributed by atoms with Crippen molar-refractivity contribution >= 4 is 21.4 Å². The molecule has 0 aromatic carbocycles. The average molecular weight is 302 g/mol. The number of hydrogen-bond donors (Lipinski definition) is 1. The lowest BCUT2D eigenvalue weighted by molar-refractivity contribution is 0.464. The minimum Gasteiger partial charge on any atom is -0.312 e. The van der Waals surface area contributed by atoms with E-state index in [1.807, 2.05) is 13.0 Å². The Morgan fingerprint density at radius 3 is 2.74 bits per heavy atom. The molecule has 1 heterocycles. The maximum atomic E-state index is 12.5. The van der Waals surface area contributed by atoms with Crippen molar-refractivity contribution in [2.75, 3.05) is 13.6 Å². The molecule has 0 radical (unpaired) electrons. The first-order valence-corrected chi connectivity index (χ1v) is 9.00. The van der Waals surface area contributed by atoms with E-state index in [9.17, 15) is 8.42 Å². The normalized spacial score (nSPS) is 16.2. The fraction of sp³-hybridized carbons (Fsp3) is 0.692. The van der Waals surface area contributed by atoms with Crippen LogP contribution in [0.5, 0.6) is 0 Å². The maximum Gasteiger partial charge on any atom is 0.244 e. The van der Waals surface area contributed by atoms with Gasteiger partial charge in [0.05, 0.1) is 4.90 Å². The molecule has 0 atom stereocenters. The summed E-state index contributed by atoms with van der Waals surface area (Å²) >= 11 is 1.57. The molecule has 1 aromatic heterocycles. The summed E-state index contributed by atoms with van der Waals surface area (Å²) in [5.74, 6) is 0. The Labute approximate surface area is 119 Å². The largest absolute Gasteiger partial charge is 0.312 e. The third-order valence-electron chi connectivity index (χ3n) is 3.37. The van der Waals surface area contributed by atoms with Crippen LogP contribution in [0, 0.1) is 6.92 Å². The number of nitrogens with zero attached hydrogens (tertiary/aromatic N) is 1. The van der Waals surface area contributed by atoms with Crippen molar-refractivity contribution in [3.8, 4) is 0 Å². The van der Waals surface area contributed by atoms with E-state index in [0.717, 1.165) is 42.1 Å².